The first kappa shape index (κ1) is 10.5. The number of hydrogen-bond donors (Lipinski definition) is 1. The number of anilines is 1. The molecule has 0 aliphatic rings. The van der Waals surface area contributed by atoms with Crippen molar-refractivity contribution in [2.45, 2.75) is 6.92 Å². The van der Waals surface area contributed by atoms with Gasteiger partial charge in [0.1, 0.15) is 0 Å². The molecule has 3 nitrogen and oxygen atoms in total. The predicted molar refractivity (Wildman–Crippen MR) is 64.5 cm³/mol. The van der Waals surface area contributed by atoms with Gasteiger partial charge in [-0.3, -0.25) is 4.79 Å². The summed E-state index contributed by atoms with van der Waals surface area (Å²) in [5.41, 5.74) is 2.67. The molecule has 3 heteroatoms. The standard InChI is InChI=1S/C13H14N2O/c1-10-3-5-12(6-4-10)14-13(16)11-7-8-15(2)9-11/h3-9H,1-2H3,(H,14,16). The number of carbonyl (C=O) groups excluding carboxylic acids is 1. The van der Waals surface area contributed by atoms with Crippen molar-refractivity contribution in [1.29, 1.82) is 0 Å². The van der Waals surface area contributed by atoms with Crippen LogP contribution < -0.4 is 5.32 Å². The molecule has 0 saturated heterocycles. The zero-order valence-electron chi connectivity index (χ0n) is 9.40. The first-order valence-corrected chi connectivity index (χ1v) is 5.15. The van der Waals surface area contributed by atoms with Gasteiger partial charge in [-0.05, 0) is 25.1 Å². The molecule has 0 fully saturated rings. The van der Waals surface area contributed by atoms with Crippen LogP contribution in [0.1, 0.15) is 15.9 Å². The number of rotatable bonds is 2. The summed E-state index contributed by atoms with van der Waals surface area (Å²) in [5, 5.41) is 2.85. The third kappa shape index (κ3) is 2.31. The predicted octanol–water partition coefficient (Wildman–Crippen LogP) is 2.59. The van der Waals surface area contributed by atoms with E-state index in [2.05, 4.69) is 5.32 Å². The lowest BCUT2D eigenvalue weighted by atomic mass is 10.2. The monoisotopic (exact) mass is 214 g/mol. The average Bonchev–Trinajstić information content (AvgIpc) is 2.68. The zero-order chi connectivity index (χ0) is 11.5. The molecule has 0 bridgehead atoms. The average molecular weight is 214 g/mol. The minimum atomic E-state index is -0.0792. The van der Waals surface area contributed by atoms with Crippen LogP contribution in [0.5, 0.6) is 0 Å². The second kappa shape index (κ2) is 4.23. The second-order valence-corrected chi connectivity index (χ2v) is 3.89. The highest BCUT2D eigenvalue weighted by molar-refractivity contribution is 6.04. The van der Waals surface area contributed by atoms with E-state index in [0.717, 1.165) is 5.69 Å². The smallest absolute Gasteiger partial charge is 0.257 e. The molecule has 0 spiro atoms. The highest BCUT2D eigenvalue weighted by Gasteiger charge is 2.06. The number of aromatic nitrogens is 1. The molecule has 0 unspecified atom stereocenters. The molecule has 0 aliphatic carbocycles. The molecular weight excluding hydrogens is 200 g/mol. The third-order valence-electron chi connectivity index (χ3n) is 2.40. The molecule has 0 atom stereocenters. The van der Waals surface area contributed by atoms with E-state index in [1.165, 1.54) is 5.56 Å². The van der Waals surface area contributed by atoms with E-state index in [1.807, 2.05) is 49.0 Å². The Kier molecular flexibility index (Phi) is 2.77. The van der Waals surface area contributed by atoms with E-state index in [4.69, 9.17) is 0 Å². The van der Waals surface area contributed by atoms with E-state index < -0.39 is 0 Å². The van der Waals surface area contributed by atoms with Crippen molar-refractivity contribution >= 4 is 11.6 Å². The fourth-order valence-electron chi connectivity index (χ4n) is 1.48. The minimum Gasteiger partial charge on any atom is -0.356 e. The van der Waals surface area contributed by atoms with Crippen LogP contribution in [0.3, 0.4) is 0 Å². The molecule has 1 aromatic heterocycles. The van der Waals surface area contributed by atoms with Gasteiger partial charge in [0.25, 0.3) is 5.91 Å². The van der Waals surface area contributed by atoms with E-state index in [1.54, 1.807) is 12.3 Å². The maximum absolute atomic E-state index is 11.8. The van der Waals surface area contributed by atoms with Gasteiger partial charge < -0.3 is 9.88 Å². The summed E-state index contributed by atoms with van der Waals surface area (Å²) < 4.78 is 1.85. The van der Waals surface area contributed by atoms with Crippen LogP contribution in [0.15, 0.2) is 42.7 Å². The molecule has 16 heavy (non-hydrogen) atoms. The Morgan fingerprint density at radius 2 is 1.88 bits per heavy atom. The van der Waals surface area contributed by atoms with Crippen LogP contribution in [0, 0.1) is 6.92 Å². The Balaban J connectivity index is 2.10. The first-order valence-electron chi connectivity index (χ1n) is 5.15. The third-order valence-corrected chi connectivity index (χ3v) is 2.40. The van der Waals surface area contributed by atoms with Crippen molar-refractivity contribution in [2.24, 2.45) is 7.05 Å². The molecule has 2 rings (SSSR count). The number of benzene rings is 1. The molecule has 1 aromatic carbocycles. The molecule has 0 radical (unpaired) electrons. The Morgan fingerprint density at radius 3 is 2.44 bits per heavy atom. The number of carbonyl (C=O) groups is 1. The summed E-state index contributed by atoms with van der Waals surface area (Å²) in [4.78, 5) is 11.8. The maximum Gasteiger partial charge on any atom is 0.257 e. The van der Waals surface area contributed by atoms with Crippen LogP contribution in [0.4, 0.5) is 5.69 Å². The number of amides is 1. The van der Waals surface area contributed by atoms with Gasteiger partial charge in [-0.15, -0.1) is 0 Å². The van der Waals surface area contributed by atoms with Crippen LogP contribution in [0.2, 0.25) is 0 Å². The molecule has 82 valence electrons. The fourth-order valence-corrected chi connectivity index (χ4v) is 1.48. The van der Waals surface area contributed by atoms with Crippen molar-refractivity contribution in [3.63, 3.8) is 0 Å². The van der Waals surface area contributed by atoms with Crippen molar-refractivity contribution in [3.8, 4) is 0 Å². The van der Waals surface area contributed by atoms with Crippen molar-refractivity contribution in [2.75, 3.05) is 5.32 Å². The van der Waals surface area contributed by atoms with Gasteiger partial charge in [0.05, 0.1) is 5.56 Å². The van der Waals surface area contributed by atoms with Crippen molar-refractivity contribution in [3.05, 3.63) is 53.9 Å². The number of hydrogen-bond acceptors (Lipinski definition) is 1. The van der Waals surface area contributed by atoms with Gasteiger partial charge in [0, 0.05) is 25.1 Å². The normalized spacial score (nSPS) is 10.1. The van der Waals surface area contributed by atoms with Gasteiger partial charge in [-0.1, -0.05) is 17.7 Å². The SMILES string of the molecule is Cc1ccc(NC(=O)c2ccn(C)c2)cc1. The van der Waals surface area contributed by atoms with Crippen LogP contribution >= 0.6 is 0 Å². The van der Waals surface area contributed by atoms with E-state index in [9.17, 15) is 4.79 Å². The summed E-state index contributed by atoms with van der Waals surface area (Å²) in [5.74, 6) is -0.0792. The van der Waals surface area contributed by atoms with Gasteiger partial charge >= 0.3 is 0 Å². The Hall–Kier alpha value is -2.03. The van der Waals surface area contributed by atoms with E-state index >= 15 is 0 Å². The highest BCUT2D eigenvalue weighted by Crippen LogP contribution is 2.10. The van der Waals surface area contributed by atoms with Crippen LogP contribution in [-0.2, 0) is 7.05 Å². The van der Waals surface area contributed by atoms with Gasteiger partial charge in [0.15, 0.2) is 0 Å². The zero-order valence-corrected chi connectivity index (χ0v) is 9.40. The van der Waals surface area contributed by atoms with Gasteiger partial charge in [-0.2, -0.15) is 0 Å². The van der Waals surface area contributed by atoms with Crippen molar-refractivity contribution < 1.29 is 4.79 Å². The number of aryl methyl sites for hydroxylation is 2. The maximum atomic E-state index is 11.8. The number of nitrogens with one attached hydrogen (secondary N) is 1. The molecule has 1 N–H and O–H groups in total. The van der Waals surface area contributed by atoms with Crippen LogP contribution in [0.25, 0.3) is 0 Å². The van der Waals surface area contributed by atoms with Crippen molar-refractivity contribution in [1.82, 2.24) is 4.57 Å². The molecular formula is C13H14N2O. The lowest BCUT2D eigenvalue weighted by Crippen LogP contribution is -2.10. The van der Waals surface area contributed by atoms with Gasteiger partial charge in [-0.25, -0.2) is 0 Å². The first-order chi connectivity index (χ1) is 7.65. The van der Waals surface area contributed by atoms with E-state index in [0.29, 0.717) is 5.56 Å². The highest BCUT2D eigenvalue weighted by atomic mass is 16.1. The lowest BCUT2D eigenvalue weighted by Gasteiger charge is -2.03. The topological polar surface area (TPSA) is 34.0 Å². The second-order valence-electron chi connectivity index (χ2n) is 3.89. The molecule has 0 saturated carbocycles. The van der Waals surface area contributed by atoms with Crippen LogP contribution in [-0.4, -0.2) is 10.5 Å². The quantitative estimate of drug-likeness (QED) is 0.819. The Morgan fingerprint density at radius 1 is 1.19 bits per heavy atom. The molecule has 1 heterocycles. The number of nitrogens with zero attached hydrogens (tertiary/aromatic N) is 1. The fraction of sp³-hybridized carbons (Fsp3) is 0.154. The largest absolute Gasteiger partial charge is 0.356 e. The summed E-state index contributed by atoms with van der Waals surface area (Å²) in [7, 11) is 1.89. The lowest BCUT2D eigenvalue weighted by molar-refractivity contribution is 0.102. The molecule has 0 aliphatic heterocycles. The molecule has 2 aromatic rings. The summed E-state index contributed by atoms with van der Waals surface area (Å²) >= 11 is 0. The Labute approximate surface area is 94.7 Å². The Bertz CT molecular complexity index is 497. The summed E-state index contributed by atoms with van der Waals surface area (Å²) in [6, 6.07) is 9.54. The minimum absolute atomic E-state index is 0.0792. The van der Waals surface area contributed by atoms with Gasteiger partial charge in [0.2, 0.25) is 0 Å². The molecule has 1 amide bonds. The summed E-state index contributed by atoms with van der Waals surface area (Å²) in [6.45, 7) is 2.02. The summed E-state index contributed by atoms with van der Waals surface area (Å²) in [6.07, 6.45) is 3.65. The van der Waals surface area contributed by atoms with E-state index in [-0.39, 0.29) is 5.91 Å².